The van der Waals surface area contributed by atoms with Crippen LogP contribution in [0.5, 0.6) is 0 Å². The molecule has 1 aromatic rings. The molecule has 1 aliphatic rings. The molecular formula is C10H15N3O3. The van der Waals surface area contributed by atoms with Crippen LogP contribution in [0.2, 0.25) is 0 Å². The Kier molecular flexibility index (Phi) is 2.93. The second-order valence-electron chi connectivity index (χ2n) is 4.14. The molecular weight excluding hydrogens is 210 g/mol. The van der Waals surface area contributed by atoms with Gasteiger partial charge in [-0.05, 0) is 12.8 Å². The largest absolute Gasteiger partial charge is 0.478 e. The topological polar surface area (TPSA) is 87.4 Å². The first-order chi connectivity index (χ1) is 7.58. The Labute approximate surface area is 92.9 Å². The summed E-state index contributed by atoms with van der Waals surface area (Å²) in [5, 5.41) is 25.2. The van der Waals surface area contributed by atoms with Gasteiger partial charge in [0.1, 0.15) is 5.56 Å². The van der Waals surface area contributed by atoms with Crippen LogP contribution >= 0.6 is 0 Å². The third kappa shape index (κ3) is 2.07. The monoisotopic (exact) mass is 225 g/mol. The molecule has 0 aliphatic heterocycles. The minimum atomic E-state index is -0.960. The van der Waals surface area contributed by atoms with Crippen molar-refractivity contribution in [2.75, 3.05) is 0 Å². The predicted octanol–water partition coefficient (Wildman–Crippen LogP) is -0.269. The van der Waals surface area contributed by atoms with Crippen molar-refractivity contribution >= 4 is 5.97 Å². The van der Waals surface area contributed by atoms with Gasteiger partial charge in [0.15, 0.2) is 0 Å². The highest BCUT2D eigenvalue weighted by Gasteiger charge is 2.27. The van der Waals surface area contributed by atoms with Gasteiger partial charge in [0.05, 0.1) is 18.0 Å². The summed E-state index contributed by atoms with van der Waals surface area (Å²) in [7, 11) is 1.72. The molecule has 2 rings (SSSR count). The van der Waals surface area contributed by atoms with Crippen molar-refractivity contribution < 1.29 is 15.0 Å². The molecule has 1 heterocycles. The highest BCUT2D eigenvalue weighted by Crippen LogP contribution is 2.20. The lowest BCUT2D eigenvalue weighted by molar-refractivity contribution is 0.0611. The lowest BCUT2D eigenvalue weighted by atomic mass is 9.89. The molecule has 3 N–H and O–H groups in total. The second kappa shape index (κ2) is 4.23. The van der Waals surface area contributed by atoms with E-state index in [9.17, 15) is 4.79 Å². The van der Waals surface area contributed by atoms with Crippen LogP contribution in [-0.2, 0) is 13.6 Å². The quantitative estimate of drug-likeness (QED) is 0.656. The van der Waals surface area contributed by atoms with Gasteiger partial charge in [0.25, 0.3) is 0 Å². The van der Waals surface area contributed by atoms with E-state index in [1.54, 1.807) is 11.7 Å². The van der Waals surface area contributed by atoms with Gasteiger partial charge in [-0.3, -0.25) is 4.68 Å². The molecule has 6 heteroatoms. The van der Waals surface area contributed by atoms with E-state index in [0.29, 0.717) is 12.2 Å². The van der Waals surface area contributed by atoms with Crippen molar-refractivity contribution in [2.24, 2.45) is 7.05 Å². The van der Waals surface area contributed by atoms with Crippen LogP contribution in [0.15, 0.2) is 6.20 Å². The van der Waals surface area contributed by atoms with Crippen LogP contribution in [0.4, 0.5) is 0 Å². The van der Waals surface area contributed by atoms with Gasteiger partial charge in [-0.1, -0.05) is 0 Å². The van der Waals surface area contributed by atoms with Crippen molar-refractivity contribution in [1.82, 2.24) is 15.1 Å². The number of rotatable bonds is 4. The molecule has 6 nitrogen and oxygen atoms in total. The molecule has 88 valence electrons. The van der Waals surface area contributed by atoms with Gasteiger partial charge in [0.2, 0.25) is 0 Å². The zero-order valence-corrected chi connectivity index (χ0v) is 9.05. The molecule has 0 spiro atoms. The number of hydrogen-bond acceptors (Lipinski definition) is 4. The van der Waals surface area contributed by atoms with Crippen LogP contribution < -0.4 is 5.32 Å². The number of hydrogen-bond donors (Lipinski definition) is 3. The molecule has 1 saturated carbocycles. The summed E-state index contributed by atoms with van der Waals surface area (Å²) in [5.74, 6) is -0.960. The third-order valence-electron chi connectivity index (χ3n) is 2.96. The summed E-state index contributed by atoms with van der Waals surface area (Å²) in [6, 6.07) is 0.284. The maximum absolute atomic E-state index is 10.9. The Morgan fingerprint density at radius 1 is 1.69 bits per heavy atom. The Balaban J connectivity index is 1.97. The average molecular weight is 225 g/mol. The Bertz CT molecular complexity index is 396. The number of carbonyl (C=O) groups is 1. The van der Waals surface area contributed by atoms with Gasteiger partial charge < -0.3 is 15.5 Å². The molecule has 0 amide bonds. The number of carboxylic acid groups (broad SMARTS) is 1. The molecule has 1 fully saturated rings. The Hall–Kier alpha value is -1.40. The number of aliphatic hydroxyl groups excluding tert-OH is 1. The molecule has 0 bridgehead atoms. The summed E-state index contributed by atoms with van der Waals surface area (Å²) in [6.45, 7) is 0.468. The summed E-state index contributed by atoms with van der Waals surface area (Å²) in [4.78, 5) is 10.9. The van der Waals surface area contributed by atoms with Crippen molar-refractivity contribution in [3.05, 3.63) is 17.5 Å². The van der Waals surface area contributed by atoms with E-state index >= 15 is 0 Å². The Morgan fingerprint density at radius 3 is 2.94 bits per heavy atom. The molecule has 16 heavy (non-hydrogen) atoms. The first-order valence-corrected chi connectivity index (χ1v) is 5.23. The molecule has 0 aromatic carbocycles. The van der Waals surface area contributed by atoms with Crippen LogP contribution in [0, 0.1) is 0 Å². The van der Waals surface area contributed by atoms with Crippen LogP contribution in [0.1, 0.15) is 28.9 Å². The molecule has 1 aliphatic carbocycles. The number of aryl methyl sites for hydroxylation is 1. The number of aromatic nitrogens is 2. The van der Waals surface area contributed by atoms with Crippen molar-refractivity contribution in [1.29, 1.82) is 0 Å². The van der Waals surface area contributed by atoms with E-state index in [2.05, 4.69) is 10.4 Å². The fraction of sp³-hybridized carbons (Fsp3) is 0.600. The average Bonchev–Trinajstić information content (AvgIpc) is 2.53. The van der Waals surface area contributed by atoms with Crippen molar-refractivity contribution in [2.45, 2.75) is 31.5 Å². The fourth-order valence-corrected chi connectivity index (χ4v) is 1.85. The maximum Gasteiger partial charge on any atom is 0.339 e. The van der Waals surface area contributed by atoms with E-state index in [1.165, 1.54) is 6.20 Å². The van der Waals surface area contributed by atoms with Crippen LogP contribution in [-0.4, -0.2) is 38.1 Å². The van der Waals surface area contributed by atoms with Gasteiger partial charge in [-0.2, -0.15) is 5.10 Å². The predicted molar refractivity (Wildman–Crippen MR) is 56.0 cm³/mol. The molecule has 1 aromatic heterocycles. The van der Waals surface area contributed by atoms with Gasteiger partial charge >= 0.3 is 5.97 Å². The summed E-state index contributed by atoms with van der Waals surface area (Å²) in [6.07, 6.45) is 2.62. The lowest BCUT2D eigenvalue weighted by Crippen LogP contribution is -2.44. The molecule has 0 radical (unpaired) electrons. The Morgan fingerprint density at radius 2 is 2.38 bits per heavy atom. The highest BCUT2D eigenvalue weighted by molar-refractivity contribution is 5.88. The molecule has 0 atom stereocenters. The lowest BCUT2D eigenvalue weighted by Gasteiger charge is -2.32. The third-order valence-corrected chi connectivity index (χ3v) is 2.96. The second-order valence-corrected chi connectivity index (χ2v) is 4.14. The number of nitrogens with one attached hydrogen (secondary N) is 1. The summed E-state index contributed by atoms with van der Waals surface area (Å²) in [5.41, 5.74) is 0.892. The summed E-state index contributed by atoms with van der Waals surface area (Å²) >= 11 is 0. The van der Waals surface area contributed by atoms with Gasteiger partial charge in [-0.15, -0.1) is 0 Å². The van der Waals surface area contributed by atoms with E-state index in [0.717, 1.165) is 12.8 Å². The first-order valence-electron chi connectivity index (χ1n) is 5.23. The zero-order valence-electron chi connectivity index (χ0n) is 9.05. The number of carboxylic acids is 1. The highest BCUT2D eigenvalue weighted by atomic mass is 16.4. The first kappa shape index (κ1) is 11.1. The molecule has 0 saturated heterocycles. The normalized spacial score (nSPS) is 24.1. The van der Waals surface area contributed by atoms with E-state index in [4.69, 9.17) is 10.2 Å². The van der Waals surface area contributed by atoms with Crippen molar-refractivity contribution in [3.63, 3.8) is 0 Å². The summed E-state index contributed by atoms with van der Waals surface area (Å²) < 4.78 is 1.56. The minimum absolute atomic E-state index is 0.206. The van der Waals surface area contributed by atoms with E-state index < -0.39 is 5.97 Å². The number of nitrogens with zero attached hydrogens (tertiary/aromatic N) is 2. The van der Waals surface area contributed by atoms with E-state index in [-0.39, 0.29) is 17.7 Å². The molecule has 0 unspecified atom stereocenters. The van der Waals surface area contributed by atoms with Crippen molar-refractivity contribution in [3.8, 4) is 0 Å². The van der Waals surface area contributed by atoms with Crippen LogP contribution in [0.25, 0.3) is 0 Å². The smallest absolute Gasteiger partial charge is 0.339 e. The fourth-order valence-electron chi connectivity index (χ4n) is 1.85. The standard InChI is InChI=1S/C10H15N3O3/c1-13-9(8(4-12-13)10(15)16)5-11-6-2-7(14)3-6/h4,6-7,11,14H,2-3,5H2,1H3,(H,15,16). The zero-order chi connectivity index (χ0) is 11.7. The van der Waals surface area contributed by atoms with E-state index in [1.807, 2.05) is 0 Å². The van der Waals surface area contributed by atoms with Gasteiger partial charge in [-0.25, -0.2) is 4.79 Å². The minimum Gasteiger partial charge on any atom is -0.478 e. The van der Waals surface area contributed by atoms with Crippen LogP contribution in [0.3, 0.4) is 0 Å². The van der Waals surface area contributed by atoms with Gasteiger partial charge in [0, 0.05) is 19.6 Å². The SMILES string of the molecule is Cn1ncc(C(=O)O)c1CNC1CC(O)C1. The maximum atomic E-state index is 10.9. The number of aromatic carboxylic acids is 1. The number of aliphatic hydroxyl groups is 1.